The number of alkyl halides is 2. The second-order valence-corrected chi connectivity index (χ2v) is 3.59. The maximum absolute atomic E-state index is 12.6. The monoisotopic (exact) mass is 310 g/mol. The van der Waals surface area contributed by atoms with Crippen LogP contribution < -0.4 is 0 Å². The van der Waals surface area contributed by atoms with Crippen LogP contribution >= 0.6 is 15.9 Å². The van der Waals surface area contributed by atoms with Gasteiger partial charge in [-0.1, -0.05) is 0 Å². The van der Waals surface area contributed by atoms with Gasteiger partial charge in [0, 0.05) is 6.07 Å². The van der Waals surface area contributed by atoms with Crippen molar-refractivity contribution in [1.29, 1.82) is 0 Å². The molecule has 0 bridgehead atoms. The Morgan fingerprint density at radius 3 is 2.65 bits per heavy atom. The van der Waals surface area contributed by atoms with Gasteiger partial charge in [-0.3, -0.25) is 10.1 Å². The molecule has 0 atom stereocenters. The highest BCUT2D eigenvalue weighted by molar-refractivity contribution is 9.10. The van der Waals surface area contributed by atoms with E-state index in [1.165, 1.54) is 0 Å². The molecule has 0 aliphatic carbocycles. The molecule has 0 spiro atoms. The van der Waals surface area contributed by atoms with E-state index in [1.54, 1.807) is 0 Å². The summed E-state index contributed by atoms with van der Waals surface area (Å²) in [5.41, 5.74) is -2.61. The fourth-order valence-electron chi connectivity index (χ4n) is 1.13. The minimum Gasteiger partial charge on any atom is -0.465 e. The molecule has 1 aromatic rings. The molecule has 1 aromatic heterocycles. The first kappa shape index (κ1) is 13.4. The number of nitrogens with zero attached hydrogens (tertiary/aromatic N) is 2. The number of hydrogen-bond donors (Lipinski definition) is 0. The smallest absolute Gasteiger partial charge is 0.347 e. The second-order valence-electron chi connectivity index (χ2n) is 2.77. The number of pyridine rings is 1. The highest BCUT2D eigenvalue weighted by Gasteiger charge is 2.31. The van der Waals surface area contributed by atoms with Crippen LogP contribution in [-0.2, 0) is 4.74 Å². The molecule has 0 unspecified atom stereocenters. The Bertz CT molecular complexity index is 481. The van der Waals surface area contributed by atoms with Gasteiger partial charge in [0.1, 0.15) is 10.3 Å². The third-order valence-electron chi connectivity index (χ3n) is 1.79. The number of methoxy groups -OCH3 is 1. The van der Waals surface area contributed by atoms with E-state index in [-0.39, 0.29) is 4.60 Å². The predicted molar refractivity (Wildman–Crippen MR) is 54.9 cm³/mol. The van der Waals surface area contributed by atoms with E-state index in [0.717, 1.165) is 13.2 Å². The summed E-state index contributed by atoms with van der Waals surface area (Å²) >= 11 is 2.75. The highest BCUT2D eigenvalue weighted by Crippen LogP contribution is 2.31. The van der Waals surface area contributed by atoms with Crippen LogP contribution in [0, 0.1) is 10.1 Å². The molecule has 0 radical (unpaired) electrons. The number of carbonyl (C=O) groups excluding carboxylic acids is 1. The van der Waals surface area contributed by atoms with Crippen LogP contribution in [0.4, 0.5) is 14.5 Å². The Morgan fingerprint density at radius 1 is 1.65 bits per heavy atom. The number of ether oxygens (including phenoxy) is 1. The Kier molecular flexibility index (Phi) is 4.05. The highest BCUT2D eigenvalue weighted by atomic mass is 79.9. The van der Waals surface area contributed by atoms with Crippen molar-refractivity contribution in [3.8, 4) is 0 Å². The molecule has 0 aliphatic heterocycles. The summed E-state index contributed by atoms with van der Waals surface area (Å²) < 4.78 is 29.3. The lowest BCUT2D eigenvalue weighted by Crippen LogP contribution is -2.12. The number of halogens is 3. The summed E-state index contributed by atoms with van der Waals surface area (Å²) in [6, 6.07) is 0.859. The first-order chi connectivity index (χ1) is 7.88. The normalized spacial score (nSPS) is 10.4. The molecule has 0 N–H and O–H groups in total. The molecule has 6 nitrogen and oxygen atoms in total. The SMILES string of the molecule is COC(=O)c1c([N+](=O)[O-])cc(Br)nc1C(F)F. The number of esters is 1. The minimum absolute atomic E-state index is 0.160. The zero-order valence-corrected chi connectivity index (χ0v) is 9.90. The average Bonchev–Trinajstić information content (AvgIpc) is 2.26. The Morgan fingerprint density at radius 2 is 2.24 bits per heavy atom. The third-order valence-corrected chi connectivity index (χ3v) is 2.19. The molecule has 0 amide bonds. The van der Waals surface area contributed by atoms with Crippen LogP contribution in [0.5, 0.6) is 0 Å². The van der Waals surface area contributed by atoms with E-state index in [0.29, 0.717) is 0 Å². The van der Waals surface area contributed by atoms with Gasteiger partial charge in [-0.15, -0.1) is 0 Å². The van der Waals surface area contributed by atoms with Crippen LogP contribution in [0.2, 0.25) is 0 Å². The Labute approximate surface area is 102 Å². The Hall–Kier alpha value is -1.64. The van der Waals surface area contributed by atoms with Crippen LogP contribution in [0.25, 0.3) is 0 Å². The summed E-state index contributed by atoms with van der Waals surface area (Å²) in [4.78, 5) is 24.3. The van der Waals surface area contributed by atoms with Crippen molar-refractivity contribution in [3.05, 3.63) is 32.0 Å². The van der Waals surface area contributed by atoms with Crippen LogP contribution in [0.1, 0.15) is 22.5 Å². The number of rotatable bonds is 3. The maximum atomic E-state index is 12.6. The van der Waals surface area contributed by atoms with Gasteiger partial charge in [0.2, 0.25) is 0 Å². The Balaban J connectivity index is 3.59. The molecule has 1 heterocycles. The van der Waals surface area contributed by atoms with Crippen molar-refractivity contribution in [2.45, 2.75) is 6.43 Å². The average molecular weight is 311 g/mol. The summed E-state index contributed by atoms with van der Waals surface area (Å²) in [5, 5.41) is 10.7. The molecule has 0 aromatic carbocycles. The molecule has 9 heteroatoms. The van der Waals surface area contributed by atoms with Gasteiger partial charge in [0.05, 0.1) is 12.0 Å². The van der Waals surface area contributed by atoms with Gasteiger partial charge in [0.25, 0.3) is 12.1 Å². The number of carbonyl (C=O) groups is 1. The summed E-state index contributed by atoms with van der Waals surface area (Å²) in [6.07, 6.45) is -3.12. The quantitative estimate of drug-likeness (QED) is 0.371. The van der Waals surface area contributed by atoms with Crippen molar-refractivity contribution < 1.29 is 23.2 Å². The van der Waals surface area contributed by atoms with E-state index >= 15 is 0 Å². The molecule has 0 saturated carbocycles. The number of aromatic nitrogens is 1. The standard InChI is InChI=1S/C8H5BrF2N2O4/c1-17-8(14)5-3(13(15)16)2-4(9)12-6(5)7(10)11/h2,7H,1H3. The van der Waals surface area contributed by atoms with Gasteiger partial charge < -0.3 is 4.74 Å². The zero-order chi connectivity index (χ0) is 13.2. The number of hydrogen-bond acceptors (Lipinski definition) is 5. The molecule has 17 heavy (non-hydrogen) atoms. The molecule has 0 fully saturated rings. The first-order valence-corrected chi connectivity index (χ1v) is 4.89. The van der Waals surface area contributed by atoms with Crippen molar-refractivity contribution >= 4 is 27.6 Å². The largest absolute Gasteiger partial charge is 0.465 e. The molecule has 1 rings (SSSR count). The lowest BCUT2D eigenvalue weighted by Gasteiger charge is -2.07. The zero-order valence-electron chi connectivity index (χ0n) is 8.32. The molecule has 92 valence electrons. The van der Waals surface area contributed by atoms with Crippen molar-refractivity contribution in [1.82, 2.24) is 4.98 Å². The van der Waals surface area contributed by atoms with Gasteiger partial charge in [0.15, 0.2) is 5.56 Å². The van der Waals surface area contributed by atoms with Gasteiger partial charge in [-0.2, -0.15) is 0 Å². The van der Waals surface area contributed by atoms with Gasteiger partial charge in [-0.25, -0.2) is 18.6 Å². The maximum Gasteiger partial charge on any atom is 0.347 e. The predicted octanol–water partition coefficient (Wildman–Crippen LogP) is 2.48. The van der Waals surface area contributed by atoms with Crippen LogP contribution in [-0.4, -0.2) is 23.0 Å². The fourth-order valence-corrected chi connectivity index (χ4v) is 1.54. The third kappa shape index (κ3) is 2.73. The van der Waals surface area contributed by atoms with E-state index in [9.17, 15) is 23.7 Å². The molecular weight excluding hydrogens is 306 g/mol. The summed E-state index contributed by atoms with van der Waals surface area (Å²) in [7, 11) is 0.934. The lowest BCUT2D eigenvalue weighted by atomic mass is 10.1. The van der Waals surface area contributed by atoms with Crippen LogP contribution in [0.3, 0.4) is 0 Å². The first-order valence-electron chi connectivity index (χ1n) is 4.09. The van der Waals surface area contributed by atoms with E-state index < -0.39 is 34.3 Å². The minimum atomic E-state index is -3.12. The number of nitro groups is 1. The summed E-state index contributed by atoms with van der Waals surface area (Å²) in [6.45, 7) is 0. The fraction of sp³-hybridized carbons (Fsp3) is 0.250. The molecular formula is C8H5BrF2N2O4. The van der Waals surface area contributed by atoms with Gasteiger partial charge >= 0.3 is 5.97 Å². The summed E-state index contributed by atoms with van der Waals surface area (Å²) in [5.74, 6) is -1.23. The van der Waals surface area contributed by atoms with Crippen molar-refractivity contribution in [2.75, 3.05) is 7.11 Å². The lowest BCUT2D eigenvalue weighted by molar-refractivity contribution is -0.385. The van der Waals surface area contributed by atoms with E-state index in [1.807, 2.05) is 0 Å². The second kappa shape index (κ2) is 5.13. The van der Waals surface area contributed by atoms with E-state index in [2.05, 4.69) is 25.7 Å². The van der Waals surface area contributed by atoms with Crippen molar-refractivity contribution in [3.63, 3.8) is 0 Å². The molecule has 0 aliphatic rings. The van der Waals surface area contributed by atoms with Crippen molar-refractivity contribution in [2.24, 2.45) is 0 Å². The van der Waals surface area contributed by atoms with Gasteiger partial charge in [-0.05, 0) is 15.9 Å². The van der Waals surface area contributed by atoms with Crippen LogP contribution in [0.15, 0.2) is 10.7 Å². The molecule has 0 saturated heterocycles. The topological polar surface area (TPSA) is 82.3 Å². The van der Waals surface area contributed by atoms with E-state index in [4.69, 9.17) is 0 Å².